The highest BCUT2D eigenvalue weighted by molar-refractivity contribution is 5.74. The third-order valence-electron chi connectivity index (χ3n) is 2.49. The number of aromatic nitrogens is 2. The Morgan fingerprint density at radius 2 is 2.12 bits per heavy atom. The standard InChI is InChI=1S/C12H15N3O/c1-8(13)7-15-11-6-4-3-5-10(11)14-9(2)12(15)16/h3-6,8H,7,13H2,1-2H3/t8-/m0/s1. The molecule has 0 aliphatic heterocycles. The van der Waals surface area contributed by atoms with Gasteiger partial charge in [0.25, 0.3) is 5.56 Å². The van der Waals surface area contributed by atoms with E-state index in [0.717, 1.165) is 11.0 Å². The van der Waals surface area contributed by atoms with E-state index in [-0.39, 0.29) is 11.6 Å². The van der Waals surface area contributed by atoms with Gasteiger partial charge in [-0.05, 0) is 26.0 Å². The number of aryl methyl sites for hydroxylation is 1. The Hall–Kier alpha value is -1.68. The number of benzene rings is 1. The first-order chi connectivity index (χ1) is 7.59. The molecule has 0 aliphatic carbocycles. The molecule has 2 rings (SSSR count). The Bertz CT molecular complexity index is 572. The maximum Gasteiger partial charge on any atom is 0.272 e. The van der Waals surface area contributed by atoms with Gasteiger partial charge in [0, 0.05) is 12.6 Å². The van der Waals surface area contributed by atoms with Crippen molar-refractivity contribution in [3.8, 4) is 0 Å². The second kappa shape index (κ2) is 4.06. The highest BCUT2D eigenvalue weighted by atomic mass is 16.1. The van der Waals surface area contributed by atoms with Gasteiger partial charge in [-0.3, -0.25) is 4.79 Å². The van der Waals surface area contributed by atoms with Gasteiger partial charge in [-0.2, -0.15) is 0 Å². The molecule has 0 unspecified atom stereocenters. The SMILES string of the molecule is Cc1nc2ccccc2n(C[C@H](C)N)c1=O. The van der Waals surface area contributed by atoms with Crippen molar-refractivity contribution in [1.82, 2.24) is 9.55 Å². The number of nitrogens with zero attached hydrogens (tertiary/aromatic N) is 2. The average Bonchev–Trinajstić information content (AvgIpc) is 2.24. The van der Waals surface area contributed by atoms with E-state index in [1.807, 2.05) is 31.2 Å². The molecule has 16 heavy (non-hydrogen) atoms. The van der Waals surface area contributed by atoms with Gasteiger partial charge in [0.15, 0.2) is 0 Å². The minimum absolute atomic E-state index is 0.0529. The Kier molecular flexibility index (Phi) is 2.75. The molecule has 1 aromatic carbocycles. The van der Waals surface area contributed by atoms with Crippen LogP contribution in [0.5, 0.6) is 0 Å². The van der Waals surface area contributed by atoms with E-state index < -0.39 is 0 Å². The fourth-order valence-electron chi connectivity index (χ4n) is 1.79. The van der Waals surface area contributed by atoms with Crippen LogP contribution in [0.2, 0.25) is 0 Å². The minimum atomic E-state index is -0.0593. The van der Waals surface area contributed by atoms with Gasteiger partial charge in [0.2, 0.25) is 0 Å². The lowest BCUT2D eigenvalue weighted by molar-refractivity contribution is 0.585. The van der Waals surface area contributed by atoms with Crippen LogP contribution in [-0.4, -0.2) is 15.6 Å². The van der Waals surface area contributed by atoms with Crippen molar-refractivity contribution in [2.24, 2.45) is 5.73 Å². The van der Waals surface area contributed by atoms with Crippen LogP contribution in [-0.2, 0) is 6.54 Å². The molecule has 0 amide bonds. The van der Waals surface area contributed by atoms with Crippen molar-refractivity contribution in [2.45, 2.75) is 26.4 Å². The molecule has 1 atom stereocenters. The quantitative estimate of drug-likeness (QED) is 0.818. The van der Waals surface area contributed by atoms with Gasteiger partial charge in [0.1, 0.15) is 5.69 Å². The molecule has 4 heteroatoms. The summed E-state index contributed by atoms with van der Waals surface area (Å²) in [6.45, 7) is 4.13. The molecular weight excluding hydrogens is 202 g/mol. The zero-order valence-corrected chi connectivity index (χ0v) is 9.47. The van der Waals surface area contributed by atoms with Crippen molar-refractivity contribution in [3.63, 3.8) is 0 Å². The van der Waals surface area contributed by atoms with Crippen LogP contribution in [0.4, 0.5) is 0 Å². The first kappa shape index (κ1) is 10.8. The van der Waals surface area contributed by atoms with Crippen molar-refractivity contribution >= 4 is 11.0 Å². The number of hydrogen-bond donors (Lipinski definition) is 1. The van der Waals surface area contributed by atoms with Crippen LogP contribution >= 0.6 is 0 Å². The molecule has 0 fully saturated rings. The molecule has 2 aromatic rings. The lowest BCUT2D eigenvalue weighted by Gasteiger charge is -2.12. The summed E-state index contributed by atoms with van der Waals surface area (Å²) < 4.78 is 1.70. The number of rotatable bonds is 2. The largest absolute Gasteiger partial charge is 0.326 e. The van der Waals surface area contributed by atoms with Crippen LogP contribution in [0.15, 0.2) is 29.1 Å². The maximum atomic E-state index is 12.0. The summed E-state index contributed by atoms with van der Waals surface area (Å²) in [6, 6.07) is 7.56. The maximum absolute atomic E-state index is 12.0. The van der Waals surface area contributed by atoms with Crippen molar-refractivity contribution in [2.75, 3.05) is 0 Å². The summed E-state index contributed by atoms with van der Waals surface area (Å²) in [5.41, 5.74) is 7.88. The van der Waals surface area contributed by atoms with Crippen LogP contribution in [0, 0.1) is 6.92 Å². The molecule has 4 nitrogen and oxygen atoms in total. The summed E-state index contributed by atoms with van der Waals surface area (Å²) >= 11 is 0. The van der Waals surface area contributed by atoms with Gasteiger partial charge >= 0.3 is 0 Å². The molecule has 0 bridgehead atoms. The van der Waals surface area contributed by atoms with Gasteiger partial charge in [-0.1, -0.05) is 12.1 Å². The highest BCUT2D eigenvalue weighted by Gasteiger charge is 2.08. The highest BCUT2D eigenvalue weighted by Crippen LogP contribution is 2.09. The molecule has 84 valence electrons. The summed E-state index contributed by atoms with van der Waals surface area (Å²) in [5, 5.41) is 0. The summed E-state index contributed by atoms with van der Waals surface area (Å²) in [5.74, 6) is 0. The Labute approximate surface area is 93.7 Å². The third-order valence-corrected chi connectivity index (χ3v) is 2.49. The lowest BCUT2D eigenvalue weighted by atomic mass is 10.2. The molecule has 0 aliphatic rings. The van der Waals surface area contributed by atoms with E-state index in [1.54, 1.807) is 11.5 Å². The molecule has 0 saturated heterocycles. The number of hydrogen-bond acceptors (Lipinski definition) is 3. The third kappa shape index (κ3) is 1.84. The number of para-hydroxylation sites is 2. The van der Waals surface area contributed by atoms with Crippen molar-refractivity contribution < 1.29 is 0 Å². The van der Waals surface area contributed by atoms with Gasteiger partial charge in [0.05, 0.1) is 11.0 Å². The molecule has 0 spiro atoms. The second-order valence-electron chi connectivity index (χ2n) is 4.08. The lowest BCUT2D eigenvalue weighted by Crippen LogP contribution is -2.31. The number of fused-ring (bicyclic) bond motifs is 1. The zero-order chi connectivity index (χ0) is 11.7. The van der Waals surface area contributed by atoms with E-state index in [1.165, 1.54) is 0 Å². The van der Waals surface area contributed by atoms with E-state index in [2.05, 4.69) is 4.98 Å². The van der Waals surface area contributed by atoms with Gasteiger partial charge in [-0.25, -0.2) is 4.98 Å². The van der Waals surface area contributed by atoms with Crippen LogP contribution in [0.1, 0.15) is 12.6 Å². The predicted molar refractivity (Wildman–Crippen MR) is 64.4 cm³/mol. The fraction of sp³-hybridized carbons (Fsp3) is 0.333. The normalized spacial score (nSPS) is 12.9. The summed E-state index contributed by atoms with van der Waals surface area (Å²) in [7, 11) is 0. The Morgan fingerprint density at radius 1 is 1.44 bits per heavy atom. The summed E-state index contributed by atoms with van der Waals surface area (Å²) in [4.78, 5) is 16.2. The van der Waals surface area contributed by atoms with Crippen molar-refractivity contribution in [3.05, 3.63) is 40.3 Å². The van der Waals surface area contributed by atoms with Crippen LogP contribution in [0.25, 0.3) is 11.0 Å². The average molecular weight is 217 g/mol. The smallest absolute Gasteiger partial charge is 0.272 e. The second-order valence-corrected chi connectivity index (χ2v) is 4.08. The minimum Gasteiger partial charge on any atom is -0.326 e. The first-order valence-electron chi connectivity index (χ1n) is 5.31. The molecule has 1 heterocycles. The zero-order valence-electron chi connectivity index (χ0n) is 9.47. The molecule has 2 N–H and O–H groups in total. The van der Waals surface area contributed by atoms with Gasteiger partial charge in [-0.15, -0.1) is 0 Å². The van der Waals surface area contributed by atoms with Crippen LogP contribution in [0.3, 0.4) is 0 Å². The monoisotopic (exact) mass is 217 g/mol. The first-order valence-corrected chi connectivity index (χ1v) is 5.31. The molecular formula is C12H15N3O. The molecule has 0 radical (unpaired) electrons. The van der Waals surface area contributed by atoms with E-state index in [4.69, 9.17) is 5.73 Å². The topological polar surface area (TPSA) is 60.9 Å². The predicted octanol–water partition coefficient (Wildman–Crippen LogP) is 1.05. The number of nitrogens with two attached hydrogens (primary N) is 1. The molecule has 1 aromatic heterocycles. The summed E-state index contributed by atoms with van der Waals surface area (Å²) in [6.07, 6.45) is 0. The Morgan fingerprint density at radius 3 is 2.81 bits per heavy atom. The van der Waals surface area contributed by atoms with Gasteiger partial charge < -0.3 is 10.3 Å². The molecule has 0 saturated carbocycles. The fourth-order valence-corrected chi connectivity index (χ4v) is 1.79. The van der Waals surface area contributed by atoms with E-state index >= 15 is 0 Å². The van der Waals surface area contributed by atoms with Crippen molar-refractivity contribution in [1.29, 1.82) is 0 Å². The van der Waals surface area contributed by atoms with E-state index in [0.29, 0.717) is 12.2 Å². The Balaban J connectivity index is 2.76. The van der Waals surface area contributed by atoms with Crippen LogP contribution < -0.4 is 11.3 Å². The van der Waals surface area contributed by atoms with E-state index in [9.17, 15) is 4.79 Å².